The van der Waals surface area contributed by atoms with Gasteiger partial charge in [-0.25, -0.2) is 0 Å². The Morgan fingerprint density at radius 1 is 1.04 bits per heavy atom. The summed E-state index contributed by atoms with van der Waals surface area (Å²) < 4.78 is 15.9. The smallest absolute Gasteiger partial charge is 0.265 e. The Morgan fingerprint density at radius 2 is 1.79 bits per heavy atom. The molecule has 28 heavy (non-hydrogen) atoms. The molecule has 7 nitrogen and oxygen atoms in total. The van der Waals surface area contributed by atoms with E-state index in [1.54, 1.807) is 62.8 Å². The van der Waals surface area contributed by atoms with Gasteiger partial charge in [-0.3, -0.25) is 9.59 Å². The van der Waals surface area contributed by atoms with Crippen LogP contribution in [0.15, 0.2) is 48.5 Å². The lowest BCUT2D eigenvalue weighted by atomic mass is 10.1. The fraction of sp³-hybridized carbons (Fsp3) is 0.333. The molecule has 2 amide bonds. The molecule has 2 rings (SSSR count). The van der Waals surface area contributed by atoms with Crippen molar-refractivity contribution in [3.05, 3.63) is 54.1 Å². The van der Waals surface area contributed by atoms with E-state index in [1.807, 2.05) is 6.92 Å². The highest BCUT2D eigenvalue weighted by Gasteiger charge is 2.21. The highest BCUT2D eigenvalue weighted by Crippen LogP contribution is 2.22. The van der Waals surface area contributed by atoms with Gasteiger partial charge in [0.1, 0.15) is 11.5 Å². The average Bonchev–Trinajstić information content (AvgIpc) is 2.72. The van der Waals surface area contributed by atoms with E-state index in [-0.39, 0.29) is 11.8 Å². The number of para-hydroxylation sites is 1. The first-order valence-corrected chi connectivity index (χ1v) is 9.06. The number of benzene rings is 2. The van der Waals surface area contributed by atoms with Crippen molar-refractivity contribution in [2.24, 2.45) is 0 Å². The minimum absolute atomic E-state index is 0.283. The Labute approximate surface area is 165 Å². The Bertz CT molecular complexity index is 794. The van der Waals surface area contributed by atoms with Gasteiger partial charge in [0.15, 0.2) is 6.10 Å². The first-order chi connectivity index (χ1) is 13.6. The second-order valence-electron chi connectivity index (χ2n) is 5.98. The van der Waals surface area contributed by atoms with E-state index in [9.17, 15) is 9.59 Å². The third-order valence-corrected chi connectivity index (χ3v) is 4.00. The van der Waals surface area contributed by atoms with Crippen molar-refractivity contribution in [1.29, 1.82) is 0 Å². The van der Waals surface area contributed by atoms with Gasteiger partial charge in [-0.05, 0) is 30.7 Å². The third-order valence-electron chi connectivity index (χ3n) is 4.00. The zero-order valence-corrected chi connectivity index (χ0v) is 16.4. The summed E-state index contributed by atoms with van der Waals surface area (Å²) in [5.74, 6) is 0.565. The minimum atomic E-state index is -0.711. The molecule has 0 fully saturated rings. The molecule has 0 heterocycles. The second kappa shape index (κ2) is 10.9. The number of hydrogen-bond donors (Lipinski definition) is 2. The van der Waals surface area contributed by atoms with Crippen LogP contribution in [0.5, 0.6) is 11.5 Å². The van der Waals surface area contributed by atoms with Gasteiger partial charge < -0.3 is 24.8 Å². The van der Waals surface area contributed by atoms with Gasteiger partial charge in [0.25, 0.3) is 11.8 Å². The second-order valence-corrected chi connectivity index (χ2v) is 5.98. The zero-order valence-electron chi connectivity index (χ0n) is 16.4. The van der Waals surface area contributed by atoms with Crippen molar-refractivity contribution in [2.75, 3.05) is 32.7 Å². The van der Waals surface area contributed by atoms with E-state index in [1.165, 1.54) is 0 Å². The average molecular weight is 386 g/mol. The molecule has 0 aliphatic rings. The highest BCUT2D eigenvalue weighted by atomic mass is 16.5. The molecule has 0 saturated heterocycles. The fourth-order valence-corrected chi connectivity index (χ4v) is 2.53. The summed E-state index contributed by atoms with van der Waals surface area (Å²) in [5, 5.41) is 5.54. The number of rotatable bonds is 10. The van der Waals surface area contributed by atoms with E-state index in [4.69, 9.17) is 14.2 Å². The third kappa shape index (κ3) is 5.99. The number of anilines is 1. The SMILES string of the molecule is CC[C@H](Oc1cccc(OC)c1)C(=O)Nc1ccccc1C(=O)NCCOC. The van der Waals surface area contributed by atoms with E-state index in [0.717, 1.165) is 0 Å². The minimum Gasteiger partial charge on any atom is -0.497 e. The van der Waals surface area contributed by atoms with Crippen LogP contribution in [0.25, 0.3) is 0 Å². The van der Waals surface area contributed by atoms with E-state index < -0.39 is 6.10 Å². The summed E-state index contributed by atoms with van der Waals surface area (Å²) in [6.45, 7) is 2.65. The van der Waals surface area contributed by atoms with Crippen LogP contribution in [0.3, 0.4) is 0 Å². The van der Waals surface area contributed by atoms with Crippen LogP contribution in [0.2, 0.25) is 0 Å². The van der Waals surface area contributed by atoms with Crippen molar-refractivity contribution >= 4 is 17.5 Å². The first-order valence-electron chi connectivity index (χ1n) is 9.06. The highest BCUT2D eigenvalue weighted by molar-refractivity contribution is 6.04. The van der Waals surface area contributed by atoms with Gasteiger partial charge in [-0.2, -0.15) is 0 Å². The van der Waals surface area contributed by atoms with Crippen LogP contribution in [0.4, 0.5) is 5.69 Å². The van der Waals surface area contributed by atoms with Crippen LogP contribution in [-0.2, 0) is 9.53 Å². The predicted molar refractivity (Wildman–Crippen MR) is 107 cm³/mol. The number of carbonyl (C=O) groups is 2. The Balaban J connectivity index is 2.08. The van der Waals surface area contributed by atoms with Crippen LogP contribution in [0.1, 0.15) is 23.7 Å². The van der Waals surface area contributed by atoms with Crippen molar-refractivity contribution in [2.45, 2.75) is 19.4 Å². The molecule has 0 spiro atoms. The van der Waals surface area contributed by atoms with Crippen LogP contribution < -0.4 is 20.1 Å². The number of hydrogen-bond acceptors (Lipinski definition) is 5. The Hall–Kier alpha value is -3.06. The molecule has 0 radical (unpaired) electrons. The van der Waals surface area contributed by atoms with Gasteiger partial charge in [-0.15, -0.1) is 0 Å². The molecule has 0 aromatic heterocycles. The molecule has 0 unspecified atom stereocenters. The zero-order chi connectivity index (χ0) is 20.4. The number of amides is 2. The maximum absolute atomic E-state index is 12.7. The quantitative estimate of drug-likeness (QED) is 0.613. The summed E-state index contributed by atoms with van der Waals surface area (Å²) >= 11 is 0. The lowest BCUT2D eigenvalue weighted by Gasteiger charge is -2.19. The molecule has 7 heteroatoms. The van der Waals surface area contributed by atoms with Crippen LogP contribution in [-0.4, -0.2) is 45.3 Å². The van der Waals surface area contributed by atoms with Crippen molar-refractivity contribution < 1.29 is 23.8 Å². The molecular formula is C21H26N2O5. The Morgan fingerprint density at radius 3 is 2.50 bits per heavy atom. The van der Waals surface area contributed by atoms with Gasteiger partial charge in [0.05, 0.1) is 25.0 Å². The summed E-state index contributed by atoms with van der Waals surface area (Å²) in [6, 6.07) is 13.9. The number of nitrogens with one attached hydrogen (secondary N) is 2. The molecule has 150 valence electrons. The number of carbonyl (C=O) groups excluding carboxylic acids is 2. The Kier molecular flexibility index (Phi) is 8.30. The maximum Gasteiger partial charge on any atom is 0.265 e. The van der Waals surface area contributed by atoms with Crippen molar-refractivity contribution in [3.8, 4) is 11.5 Å². The first kappa shape index (κ1) is 21.2. The summed E-state index contributed by atoms with van der Waals surface area (Å²) in [4.78, 5) is 25.1. The fourth-order valence-electron chi connectivity index (χ4n) is 2.53. The molecule has 2 aromatic rings. The number of ether oxygens (including phenoxy) is 3. The van der Waals surface area contributed by atoms with Crippen molar-refractivity contribution in [1.82, 2.24) is 5.32 Å². The van der Waals surface area contributed by atoms with E-state index in [0.29, 0.717) is 42.3 Å². The number of methoxy groups -OCH3 is 2. The standard InChI is InChI=1S/C21H26N2O5/c1-4-19(28-16-9-7-8-15(14-16)27-3)21(25)23-18-11-6-5-10-17(18)20(24)22-12-13-26-2/h5-11,14,19H,4,12-13H2,1-3H3,(H,22,24)(H,23,25)/t19-/m0/s1. The normalized spacial score (nSPS) is 11.4. The maximum atomic E-state index is 12.7. The monoisotopic (exact) mass is 386 g/mol. The predicted octanol–water partition coefficient (Wildman–Crippen LogP) is 2.87. The van der Waals surface area contributed by atoms with Crippen molar-refractivity contribution in [3.63, 3.8) is 0 Å². The summed E-state index contributed by atoms with van der Waals surface area (Å²) in [7, 11) is 3.13. The van der Waals surface area contributed by atoms with Gasteiger partial charge in [0.2, 0.25) is 0 Å². The molecule has 2 N–H and O–H groups in total. The molecule has 1 atom stereocenters. The lowest BCUT2D eigenvalue weighted by Crippen LogP contribution is -2.34. The molecule has 0 aliphatic carbocycles. The summed E-state index contributed by atoms with van der Waals surface area (Å²) in [6.07, 6.45) is -0.248. The van der Waals surface area contributed by atoms with E-state index in [2.05, 4.69) is 10.6 Å². The van der Waals surface area contributed by atoms with Crippen LogP contribution >= 0.6 is 0 Å². The molecule has 0 aliphatic heterocycles. The largest absolute Gasteiger partial charge is 0.497 e. The van der Waals surface area contributed by atoms with Gasteiger partial charge in [0, 0.05) is 19.7 Å². The molecule has 0 saturated carbocycles. The van der Waals surface area contributed by atoms with Gasteiger partial charge >= 0.3 is 0 Å². The van der Waals surface area contributed by atoms with Crippen LogP contribution in [0, 0.1) is 0 Å². The molecular weight excluding hydrogens is 360 g/mol. The van der Waals surface area contributed by atoms with E-state index >= 15 is 0 Å². The molecule has 0 bridgehead atoms. The summed E-state index contributed by atoms with van der Waals surface area (Å²) in [5.41, 5.74) is 0.804. The topological polar surface area (TPSA) is 85.9 Å². The molecule has 2 aromatic carbocycles. The van der Waals surface area contributed by atoms with Gasteiger partial charge in [-0.1, -0.05) is 25.1 Å². The lowest BCUT2D eigenvalue weighted by molar-refractivity contribution is -0.122.